The van der Waals surface area contributed by atoms with Gasteiger partial charge in [-0.2, -0.15) is 18.3 Å². The van der Waals surface area contributed by atoms with Crippen molar-refractivity contribution in [3.05, 3.63) is 76.7 Å². The maximum atomic E-state index is 13.1. The van der Waals surface area contributed by atoms with Crippen LogP contribution in [0.15, 0.2) is 48.8 Å². The number of nitrogens with zero attached hydrogens (tertiary/aromatic N) is 7. The second-order valence-corrected chi connectivity index (χ2v) is 12.7. The van der Waals surface area contributed by atoms with Gasteiger partial charge in [0.1, 0.15) is 17.2 Å². The van der Waals surface area contributed by atoms with Crippen molar-refractivity contribution in [3.63, 3.8) is 0 Å². The molecule has 5 aromatic rings. The number of benzene rings is 1. The summed E-state index contributed by atoms with van der Waals surface area (Å²) in [6.45, 7) is 5.50. The van der Waals surface area contributed by atoms with Crippen LogP contribution < -0.4 is 9.47 Å². The Bertz CT molecular complexity index is 1940. The molecule has 8 rings (SSSR count). The monoisotopic (exact) mass is 666 g/mol. The number of nitrogens with one attached hydrogen (secondary N) is 1. The Morgan fingerprint density at radius 3 is 2.57 bits per heavy atom. The summed E-state index contributed by atoms with van der Waals surface area (Å²) in [7, 11) is 0. The van der Waals surface area contributed by atoms with Gasteiger partial charge in [0.2, 0.25) is 5.82 Å². The number of alkyl halides is 3. The van der Waals surface area contributed by atoms with Crippen LogP contribution in [0.4, 0.5) is 13.2 Å². The van der Waals surface area contributed by atoms with Crippen molar-refractivity contribution in [1.82, 2.24) is 39.6 Å². The number of ether oxygens (including phenoxy) is 3. The Morgan fingerprint density at radius 1 is 1.04 bits per heavy atom. The summed E-state index contributed by atoms with van der Waals surface area (Å²) in [4.78, 5) is 19.7. The fraction of sp³-hybridized carbons (Fsp3) is 0.406. The third kappa shape index (κ3) is 5.68. The van der Waals surface area contributed by atoms with E-state index in [1.54, 1.807) is 24.5 Å². The zero-order valence-electron chi connectivity index (χ0n) is 25.3. The van der Waals surface area contributed by atoms with Crippen molar-refractivity contribution in [1.29, 1.82) is 0 Å². The molecule has 1 N–H and O–H groups in total. The van der Waals surface area contributed by atoms with Gasteiger partial charge >= 0.3 is 6.18 Å². The third-order valence-corrected chi connectivity index (χ3v) is 9.30. The summed E-state index contributed by atoms with van der Waals surface area (Å²) in [5.74, 6) is 0.234. The lowest BCUT2D eigenvalue weighted by molar-refractivity contribution is -0.144. The fourth-order valence-corrected chi connectivity index (χ4v) is 6.59. The zero-order chi connectivity index (χ0) is 32.3. The van der Waals surface area contributed by atoms with Crippen molar-refractivity contribution >= 4 is 22.6 Å². The van der Waals surface area contributed by atoms with Crippen LogP contribution in [0.2, 0.25) is 5.02 Å². The van der Waals surface area contributed by atoms with E-state index in [-0.39, 0.29) is 23.5 Å². The van der Waals surface area contributed by atoms with Gasteiger partial charge in [-0.15, -0.1) is 0 Å². The number of aromatic amines is 1. The smallest absolute Gasteiger partial charge is 0.443 e. The van der Waals surface area contributed by atoms with Crippen LogP contribution in [0.5, 0.6) is 11.5 Å². The second kappa shape index (κ2) is 11.5. The number of hydrogen-bond donors (Lipinski definition) is 1. The lowest BCUT2D eigenvalue weighted by Crippen LogP contribution is -2.35. The molecule has 0 spiro atoms. The molecule has 2 atom stereocenters. The van der Waals surface area contributed by atoms with Gasteiger partial charge in [-0.3, -0.25) is 20.0 Å². The number of para-hydroxylation sites is 1. The van der Waals surface area contributed by atoms with E-state index >= 15 is 0 Å². The molecule has 47 heavy (non-hydrogen) atoms. The summed E-state index contributed by atoms with van der Waals surface area (Å²) < 4.78 is 59.8. The van der Waals surface area contributed by atoms with Gasteiger partial charge in [-0.05, 0) is 62.5 Å². The minimum absolute atomic E-state index is 0.0788. The predicted octanol–water partition coefficient (Wildman–Crippen LogP) is 6.10. The Kier molecular flexibility index (Phi) is 7.33. The van der Waals surface area contributed by atoms with E-state index in [1.807, 2.05) is 30.2 Å². The number of likely N-dealkylation sites (tertiary alicyclic amines) is 1. The normalized spacial score (nSPS) is 21.8. The van der Waals surface area contributed by atoms with Crippen LogP contribution in [0.25, 0.3) is 22.6 Å². The lowest BCUT2D eigenvalue weighted by Gasteiger charge is -2.33. The molecule has 0 aliphatic carbocycles. The van der Waals surface area contributed by atoms with Crippen LogP contribution in [-0.2, 0) is 29.8 Å². The second-order valence-electron chi connectivity index (χ2n) is 12.2. The molecule has 15 heteroatoms. The van der Waals surface area contributed by atoms with Crippen LogP contribution in [-0.4, -0.2) is 65.4 Å². The van der Waals surface area contributed by atoms with E-state index in [2.05, 4.69) is 35.6 Å². The maximum absolute atomic E-state index is 13.1. The summed E-state index contributed by atoms with van der Waals surface area (Å²) in [5.41, 5.74) is 3.38. The van der Waals surface area contributed by atoms with E-state index in [4.69, 9.17) is 30.8 Å². The largest absolute Gasteiger partial charge is 0.451 e. The SMILES string of the molecule is CC1(c2ccc(Cl)cn2)Oc2cccc(C3CCN(Cc4nc5cc(-c6n[nH]c(C(F)(F)F)n6)ncc5n4CC4CCO4)CC3)c2O1. The first kappa shape index (κ1) is 30.1. The van der Waals surface area contributed by atoms with Crippen molar-refractivity contribution in [2.24, 2.45) is 0 Å². The Morgan fingerprint density at radius 2 is 1.87 bits per heavy atom. The Labute approximate surface area is 272 Å². The number of fused-ring (bicyclic) bond motifs is 2. The van der Waals surface area contributed by atoms with Gasteiger partial charge in [0.05, 0.1) is 41.4 Å². The van der Waals surface area contributed by atoms with Gasteiger partial charge in [0, 0.05) is 25.3 Å². The highest BCUT2D eigenvalue weighted by atomic mass is 35.5. The average Bonchev–Trinajstić information content (AvgIpc) is 3.75. The van der Waals surface area contributed by atoms with Crippen molar-refractivity contribution in [2.75, 3.05) is 19.7 Å². The highest BCUT2D eigenvalue weighted by Crippen LogP contribution is 2.49. The first-order chi connectivity index (χ1) is 22.6. The van der Waals surface area contributed by atoms with Crippen molar-refractivity contribution in [2.45, 2.75) is 63.3 Å². The number of pyridine rings is 2. The zero-order valence-corrected chi connectivity index (χ0v) is 26.1. The molecule has 2 unspecified atom stereocenters. The topological polar surface area (TPSA) is 116 Å². The van der Waals surface area contributed by atoms with Gasteiger partial charge < -0.3 is 18.8 Å². The first-order valence-electron chi connectivity index (χ1n) is 15.4. The fourth-order valence-electron chi connectivity index (χ4n) is 6.48. The van der Waals surface area contributed by atoms with E-state index in [9.17, 15) is 13.2 Å². The molecule has 2 saturated heterocycles. The van der Waals surface area contributed by atoms with Gasteiger partial charge in [0.15, 0.2) is 17.3 Å². The molecule has 7 heterocycles. The maximum Gasteiger partial charge on any atom is 0.451 e. The predicted molar refractivity (Wildman–Crippen MR) is 164 cm³/mol. The van der Waals surface area contributed by atoms with E-state index in [1.165, 1.54) is 0 Å². The molecular weight excluding hydrogens is 637 g/mol. The third-order valence-electron chi connectivity index (χ3n) is 9.07. The van der Waals surface area contributed by atoms with Crippen LogP contribution in [0.1, 0.15) is 55.0 Å². The number of hydrogen-bond acceptors (Lipinski definition) is 9. The molecule has 0 bridgehead atoms. The minimum Gasteiger partial charge on any atom is -0.443 e. The first-order valence-corrected chi connectivity index (χ1v) is 15.8. The highest BCUT2D eigenvalue weighted by Gasteiger charge is 2.42. The number of halogens is 4. The summed E-state index contributed by atoms with van der Waals surface area (Å²) in [6.07, 6.45) is 1.45. The Balaban J connectivity index is 0.996. The molecule has 3 aliphatic heterocycles. The van der Waals surface area contributed by atoms with Crippen LogP contribution in [0.3, 0.4) is 0 Å². The highest BCUT2D eigenvalue weighted by molar-refractivity contribution is 6.30. The molecular formula is C32H30ClF3N8O3. The number of imidazole rings is 1. The molecule has 4 aromatic heterocycles. The number of rotatable bonds is 7. The van der Waals surface area contributed by atoms with Crippen molar-refractivity contribution < 1.29 is 27.4 Å². The van der Waals surface area contributed by atoms with Gasteiger partial charge in [-0.1, -0.05) is 23.7 Å². The molecule has 3 aliphatic rings. The van der Waals surface area contributed by atoms with Crippen LogP contribution >= 0.6 is 11.6 Å². The average molecular weight is 667 g/mol. The number of H-pyrrole nitrogens is 1. The van der Waals surface area contributed by atoms with Crippen LogP contribution in [0, 0.1) is 0 Å². The number of aromatic nitrogens is 7. The van der Waals surface area contributed by atoms with E-state index < -0.39 is 17.8 Å². The standard InChI is InChI=1S/C32H30ClF3N8O3/c1-31(26-6-5-19(33)14-38-26)46-25-4-2-3-21(28(25)47-31)18-7-10-43(11-8-18)17-27-39-22-13-23(29-40-30(42-41-29)32(34,35)36)37-15-24(22)44(27)16-20-9-12-45-20/h2-6,13-15,18,20H,7-12,16-17H2,1H3,(H,40,41,42). The number of piperidine rings is 1. The summed E-state index contributed by atoms with van der Waals surface area (Å²) >= 11 is 6.05. The van der Waals surface area contributed by atoms with Gasteiger partial charge in [0.25, 0.3) is 5.79 Å². The summed E-state index contributed by atoms with van der Waals surface area (Å²) in [5, 5.41) is 6.22. The van der Waals surface area contributed by atoms with E-state index in [0.29, 0.717) is 35.1 Å². The molecule has 2 fully saturated rings. The van der Waals surface area contributed by atoms with Gasteiger partial charge in [-0.25, -0.2) is 9.97 Å². The Hall–Kier alpha value is -4.27. The molecule has 0 amide bonds. The molecule has 0 saturated carbocycles. The lowest BCUT2D eigenvalue weighted by atomic mass is 9.88. The molecule has 11 nitrogen and oxygen atoms in total. The molecule has 244 valence electrons. The minimum atomic E-state index is -4.63. The quantitative estimate of drug-likeness (QED) is 0.220. The summed E-state index contributed by atoms with van der Waals surface area (Å²) in [6, 6.07) is 11.2. The van der Waals surface area contributed by atoms with E-state index in [0.717, 1.165) is 61.6 Å². The molecule has 1 aromatic carbocycles. The molecule has 0 radical (unpaired) electrons. The van der Waals surface area contributed by atoms with Crippen molar-refractivity contribution in [3.8, 4) is 23.0 Å².